The average molecular weight is 552 g/mol. The molecule has 0 bridgehead atoms. The third-order valence-corrected chi connectivity index (χ3v) is 6.34. The molecule has 0 aromatic heterocycles. The lowest BCUT2D eigenvalue weighted by atomic mass is 9.93. The van der Waals surface area contributed by atoms with E-state index in [2.05, 4.69) is 25.2 Å². The second-order valence-electron chi connectivity index (χ2n) is 9.94. The van der Waals surface area contributed by atoms with Crippen LogP contribution in [0.2, 0.25) is 0 Å². The fourth-order valence-electron chi connectivity index (χ4n) is 4.57. The molecule has 0 heterocycles. The number of esters is 1. The highest BCUT2D eigenvalue weighted by molar-refractivity contribution is 5.77. The van der Waals surface area contributed by atoms with Gasteiger partial charge in [0.05, 0.1) is 19.3 Å². The van der Waals surface area contributed by atoms with Crippen molar-refractivity contribution >= 4 is 11.7 Å². The van der Waals surface area contributed by atoms with Crippen molar-refractivity contribution in [3.05, 3.63) is 76.6 Å². The lowest BCUT2D eigenvalue weighted by Crippen LogP contribution is -2.09. The average Bonchev–Trinajstić information content (AvgIpc) is 2.90. The molecule has 3 aromatic rings. The number of hydrogen-bond acceptors (Lipinski definition) is 6. The number of ether oxygens (including phenoxy) is 4. The van der Waals surface area contributed by atoms with Crippen molar-refractivity contribution in [3.8, 4) is 22.6 Å². The van der Waals surface area contributed by atoms with Gasteiger partial charge < -0.3 is 24.3 Å². The molecule has 0 aliphatic rings. The number of carbonyl (C=O) groups is 1. The summed E-state index contributed by atoms with van der Waals surface area (Å²) in [5.74, 6) is 0.965. The summed E-state index contributed by atoms with van der Waals surface area (Å²) in [4.78, 5) is 11.6. The molecule has 0 aliphatic carbocycles. The molecule has 0 spiro atoms. The van der Waals surface area contributed by atoms with Gasteiger partial charge in [-0.3, -0.25) is 4.79 Å². The Morgan fingerprint density at radius 3 is 2.35 bits per heavy atom. The van der Waals surface area contributed by atoms with Gasteiger partial charge in [-0.25, -0.2) is 4.39 Å². The maximum atomic E-state index is 14.7. The summed E-state index contributed by atoms with van der Waals surface area (Å²) in [6.45, 7) is 14.5. The lowest BCUT2D eigenvalue weighted by molar-refractivity contribution is -0.143. The highest BCUT2D eigenvalue weighted by Crippen LogP contribution is 2.38. The normalized spacial score (nSPS) is 11.0. The Kier molecular flexibility index (Phi) is 11.8. The fraction of sp³-hybridized carbons (Fsp3) is 0.424. The van der Waals surface area contributed by atoms with Crippen LogP contribution in [-0.2, 0) is 27.2 Å². The minimum absolute atomic E-state index is 0.0230. The van der Waals surface area contributed by atoms with Crippen LogP contribution >= 0.6 is 0 Å². The van der Waals surface area contributed by atoms with Gasteiger partial charge in [-0.2, -0.15) is 0 Å². The monoisotopic (exact) mass is 551 g/mol. The number of nitrogens with one attached hydrogen (secondary N) is 1. The van der Waals surface area contributed by atoms with E-state index >= 15 is 0 Å². The van der Waals surface area contributed by atoms with Crippen LogP contribution in [0.1, 0.15) is 56.4 Å². The predicted molar refractivity (Wildman–Crippen MR) is 158 cm³/mol. The van der Waals surface area contributed by atoms with Crippen LogP contribution in [0.25, 0.3) is 11.1 Å². The molecule has 216 valence electrons. The van der Waals surface area contributed by atoms with E-state index in [0.29, 0.717) is 50.6 Å². The molecule has 0 amide bonds. The molecule has 0 saturated heterocycles. The smallest absolute Gasteiger partial charge is 0.306 e. The molecule has 40 heavy (non-hydrogen) atoms. The molecule has 0 fully saturated rings. The van der Waals surface area contributed by atoms with E-state index < -0.39 is 0 Å². The SMILES string of the molecule is CCOCCOc1cc(C)c(-c2cc(CNc3ccc(CCC(=O)OCC)c(F)c3)ccc2OC(C)C)c(C)c1. The number of halogens is 1. The third-order valence-electron chi connectivity index (χ3n) is 6.34. The van der Waals surface area contributed by atoms with Crippen molar-refractivity contribution in [2.45, 2.75) is 67.0 Å². The van der Waals surface area contributed by atoms with Gasteiger partial charge in [-0.1, -0.05) is 12.1 Å². The number of rotatable bonds is 15. The molecular weight excluding hydrogens is 509 g/mol. The fourth-order valence-corrected chi connectivity index (χ4v) is 4.57. The number of hydrogen-bond donors (Lipinski definition) is 1. The first-order chi connectivity index (χ1) is 19.2. The van der Waals surface area contributed by atoms with Crippen molar-refractivity contribution in [1.82, 2.24) is 0 Å². The Labute approximate surface area is 237 Å². The molecule has 6 nitrogen and oxygen atoms in total. The minimum Gasteiger partial charge on any atom is -0.491 e. The summed E-state index contributed by atoms with van der Waals surface area (Å²) in [6, 6.07) is 15.3. The third kappa shape index (κ3) is 8.98. The second kappa shape index (κ2) is 15.3. The maximum Gasteiger partial charge on any atom is 0.306 e. The molecule has 0 saturated carbocycles. The van der Waals surface area contributed by atoms with Crippen LogP contribution in [0.5, 0.6) is 11.5 Å². The summed E-state index contributed by atoms with van der Waals surface area (Å²) in [6.07, 6.45) is 0.486. The van der Waals surface area contributed by atoms with Gasteiger partial charge in [-0.15, -0.1) is 0 Å². The van der Waals surface area contributed by atoms with Gasteiger partial charge in [0.2, 0.25) is 0 Å². The van der Waals surface area contributed by atoms with Gasteiger partial charge >= 0.3 is 5.97 Å². The van der Waals surface area contributed by atoms with Crippen molar-refractivity contribution < 1.29 is 28.1 Å². The molecular formula is C33H42FNO5. The summed E-state index contributed by atoms with van der Waals surface area (Å²) in [5, 5.41) is 3.32. The van der Waals surface area contributed by atoms with E-state index in [0.717, 1.165) is 39.3 Å². The highest BCUT2D eigenvalue weighted by atomic mass is 19.1. The number of carbonyl (C=O) groups excluding carboxylic acids is 1. The molecule has 7 heteroatoms. The number of anilines is 1. The topological polar surface area (TPSA) is 66.0 Å². The summed E-state index contributed by atoms with van der Waals surface area (Å²) in [5.41, 5.74) is 6.48. The van der Waals surface area contributed by atoms with Crippen LogP contribution in [0, 0.1) is 19.7 Å². The van der Waals surface area contributed by atoms with E-state index in [1.165, 1.54) is 6.07 Å². The Morgan fingerprint density at radius 1 is 0.950 bits per heavy atom. The van der Waals surface area contributed by atoms with E-state index in [4.69, 9.17) is 18.9 Å². The first-order valence-corrected chi connectivity index (χ1v) is 14.0. The number of aryl methyl sites for hydroxylation is 3. The first-order valence-electron chi connectivity index (χ1n) is 14.0. The molecule has 1 N–H and O–H groups in total. The zero-order chi connectivity index (χ0) is 29.1. The van der Waals surface area contributed by atoms with Gasteiger partial charge in [0.25, 0.3) is 0 Å². The van der Waals surface area contributed by atoms with Crippen molar-refractivity contribution in [2.24, 2.45) is 0 Å². The van der Waals surface area contributed by atoms with Crippen LogP contribution in [0.15, 0.2) is 48.5 Å². The van der Waals surface area contributed by atoms with Crippen LogP contribution in [-0.4, -0.2) is 38.5 Å². The zero-order valence-corrected chi connectivity index (χ0v) is 24.6. The zero-order valence-electron chi connectivity index (χ0n) is 24.6. The van der Waals surface area contributed by atoms with E-state index in [1.54, 1.807) is 13.0 Å². The Balaban J connectivity index is 1.79. The van der Waals surface area contributed by atoms with Gasteiger partial charge in [-0.05, 0) is 112 Å². The maximum absolute atomic E-state index is 14.7. The Morgan fingerprint density at radius 2 is 1.70 bits per heavy atom. The second-order valence-corrected chi connectivity index (χ2v) is 9.94. The highest BCUT2D eigenvalue weighted by Gasteiger charge is 2.16. The quantitative estimate of drug-likeness (QED) is 0.157. The van der Waals surface area contributed by atoms with Crippen LogP contribution < -0.4 is 14.8 Å². The summed E-state index contributed by atoms with van der Waals surface area (Å²) in [7, 11) is 0. The lowest BCUT2D eigenvalue weighted by Gasteiger charge is -2.20. The largest absolute Gasteiger partial charge is 0.491 e. The van der Waals surface area contributed by atoms with Gasteiger partial charge in [0, 0.05) is 30.8 Å². The van der Waals surface area contributed by atoms with Gasteiger partial charge in [0.15, 0.2) is 0 Å². The van der Waals surface area contributed by atoms with E-state index in [9.17, 15) is 9.18 Å². The van der Waals surface area contributed by atoms with Crippen LogP contribution in [0.4, 0.5) is 10.1 Å². The molecule has 0 radical (unpaired) electrons. The summed E-state index contributed by atoms with van der Waals surface area (Å²) < 4.78 is 37.1. The van der Waals surface area contributed by atoms with Gasteiger partial charge in [0.1, 0.15) is 23.9 Å². The molecule has 0 atom stereocenters. The van der Waals surface area contributed by atoms with Crippen molar-refractivity contribution in [1.29, 1.82) is 0 Å². The Hall–Kier alpha value is -3.58. The van der Waals surface area contributed by atoms with Crippen molar-refractivity contribution in [3.63, 3.8) is 0 Å². The van der Waals surface area contributed by atoms with Crippen molar-refractivity contribution in [2.75, 3.05) is 31.7 Å². The molecule has 0 unspecified atom stereocenters. The van der Waals surface area contributed by atoms with Crippen LogP contribution in [0.3, 0.4) is 0 Å². The van der Waals surface area contributed by atoms with E-state index in [1.807, 2.05) is 51.1 Å². The Bertz CT molecular complexity index is 1250. The predicted octanol–water partition coefficient (Wildman–Crippen LogP) is 7.42. The molecule has 3 rings (SSSR count). The standard InChI is InChI=1S/C33H42FNO5/c1-7-37-15-16-39-28-17-23(5)33(24(6)18-28)29-19-25(9-13-31(29)40-22(3)4)21-35-27-12-10-26(30(34)20-27)11-14-32(36)38-8-2/h9-10,12-13,17-20,22,35H,7-8,11,14-16,21H2,1-6H3. The van der Waals surface area contributed by atoms with E-state index in [-0.39, 0.29) is 24.3 Å². The minimum atomic E-state index is -0.342. The first kappa shape index (κ1) is 31.0. The molecule has 3 aromatic carbocycles. The summed E-state index contributed by atoms with van der Waals surface area (Å²) >= 11 is 0. The molecule has 0 aliphatic heterocycles. The number of benzene rings is 3.